The summed E-state index contributed by atoms with van der Waals surface area (Å²) in [5, 5.41) is 0. The molecule has 0 aliphatic carbocycles. The quantitative estimate of drug-likeness (QED) is 0.651. The highest BCUT2D eigenvalue weighted by Crippen LogP contribution is 2.30. The van der Waals surface area contributed by atoms with Gasteiger partial charge >= 0.3 is 11.9 Å². The van der Waals surface area contributed by atoms with Gasteiger partial charge in [-0.2, -0.15) is 0 Å². The predicted octanol–water partition coefficient (Wildman–Crippen LogP) is 3.45. The van der Waals surface area contributed by atoms with Crippen LogP contribution in [0, 0.1) is 0 Å². The van der Waals surface area contributed by atoms with Crippen molar-refractivity contribution < 1.29 is 23.9 Å². The summed E-state index contributed by atoms with van der Waals surface area (Å²) in [4.78, 5) is 41.5. The molecule has 0 bridgehead atoms. The number of allylic oxidation sites excluding steroid dienone is 2. The second kappa shape index (κ2) is 10.3. The molecule has 0 radical (unpaired) electrons. The monoisotopic (exact) mass is 432 g/mol. The van der Waals surface area contributed by atoms with E-state index in [2.05, 4.69) is 0 Å². The van der Waals surface area contributed by atoms with Crippen molar-refractivity contribution in [3.05, 3.63) is 101 Å². The summed E-state index contributed by atoms with van der Waals surface area (Å²) in [5.74, 6) is -1.67. The average Bonchev–Trinajstić information content (AvgIpc) is 3.06. The van der Waals surface area contributed by atoms with Gasteiger partial charge in [-0.25, -0.2) is 9.59 Å². The maximum Gasteiger partial charge on any atom is 0.355 e. The molecule has 2 aromatic carbocycles. The van der Waals surface area contributed by atoms with Gasteiger partial charge < -0.3 is 19.3 Å². The first-order valence-electron chi connectivity index (χ1n) is 9.91. The highest BCUT2D eigenvalue weighted by Gasteiger charge is 2.30. The molecule has 0 unspecified atom stereocenters. The van der Waals surface area contributed by atoms with Crippen LogP contribution >= 0.6 is 0 Å². The number of hydrogen-bond acceptors (Lipinski definition) is 6. The van der Waals surface area contributed by atoms with Gasteiger partial charge in [-0.3, -0.25) is 4.79 Å². The van der Waals surface area contributed by atoms with Crippen molar-refractivity contribution in [2.24, 2.45) is 0 Å². The maximum atomic E-state index is 13.4. The summed E-state index contributed by atoms with van der Waals surface area (Å²) in [5.41, 5.74) is 1.75. The molecule has 2 aromatic rings. The Hall–Kier alpha value is -4.13. The Bertz CT molecular complexity index is 1100. The van der Waals surface area contributed by atoms with E-state index in [4.69, 9.17) is 9.47 Å². The Morgan fingerprint density at radius 2 is 1.53 bits per heavy atom. The Kier molecular flexibility index (Phi) is 7.23. The number of para-hydroxylation sites is 1. The normalized spacial score (nSPS) is 12.9. The number of rotatable bonds is 6. The van der Waals surface area contributed by atoms with E-state index in [1.54, 1.807) is 54.6 Å². The largest absolute Gasteiger partial charge is 0.465 e. The van der Waals surface area contributed by atoms with Crippen molar-refractivity contribution in [1.29, 1.82) is 0 Å². The van der Waals surface area contributed by atoms with Gasteiger partial charge in [0.05, 0.1) is 31.0 Å². The molecular weight excluding hydrogens is 408 g/mol. The molecule has 1 amide bonds. The van der Waals surface area contributed by atoms with E-state index >= 15 is 0 Å². The Labute approximate surface area is 186 Å². The van der Waals surface area contributed by atoms with Crippen LogP contribution in [0.3, 0.4) is 0 Å². The zero-order valence-electron chi connectivity index (χ0n) is 18.1. The van der Waals surface area contributed by atoms with Crippen LogP contribution in [0.25, 0.3) is 0 Å². The molecule has 0 aromatic heterocycles. The van der Waals surface area contributed by atoms with Crippen LogP contribution in [0.15, 0.2) is 90.3 Å². The number of nitrogens with zero attached hydrogens (tertiary/aromatic N) is 2. The van der Waals surface area contributed by atoms with Crippen LogP contribution in [0.2, 0.25) is 0 Å². The van der Waals surface area contributed by atoms with Crippen molar-refractivity contribution in [3.8, 4) is 0 Å². The predicted molar refractivity (Wildman–Crippen MR) is 120 cm³/mol. The molecule has 7 heteroatoms. The lowest BCUT2D eigenvalue weighted by Crippen LogP contribution is -2.31. The fourth-order valence-corrected chi connectivity index (χ4v) is 3.35. The summed E-state index contributed by atoms with van der Waals surface area (Å²) >= 11 is 0. The molecule has 0 N–H and O–H groups in total. The van der Waals surface area contributed by atoms with Gasteiger partial charge in [-0.15, -0.1) is 0 Å². The third-order valence-corrected chi connectivity index (χ3v) is 4.89. The van der Waals surface area contributed by atoms with E-state index < -0.39 is 11.9 Å². The fraction of sp³-hybridized carbons (Fsp3) is 0.160. The van der Waals surface area contributed by atoms with Crippen LogP contribution < -0.4 is 4.90 Å². The molecule has 1 aliphatic rings. The number of anilines is 1. The molecule has 0 atom stereocenters. The third-order valence-electron chi connectivity index (χ3n) is 4.89. The molecule has 1 aliphatic heterocycles. The van der Waals surface area contributed by atoms with Gasteiger partial charge in [0.25, 0.3) is 5.91 Å². The van der Waals surface area contributed by atoms with Gasteiger partial charge in [0.1, 0.15) is 5.70 Å². The molecule has 0 saturated carbocycles. The number of hydrogen-bond donors (Lipinski definition) is 0. The van der Waals surface area contributed by atoms with Crippen molar-refractivity contribution in [1.82, 2.24) is 4.90 Å². The van der Waals surface area contributed by atoms with Crippen molar-refractivity contribution in [2.75, 3.05) is 26.2 Å². The van der Waals surface area contributed by atoms with Gasteiger partial charge in [0.2, 0.25) is 0 Å². The summed E-state index contributed by atoms with van der Waals surface area (Å²) in [6.07, 6.45) is 6.34. The summed E-state index contributed by atoms with van der Waals surface area (Å²) in [6.45, 7) is 0.415. The minimum atomic E-state index is -0.735. The molecule has 0 spiro atoms. The lowest BCUT2D eigenvalue weighted by molar-refractivity contribution is -0.139. The average molecular weight is 432 g/mol. The summed E-state index contributed by atoms with van der Waals surface area (Å²) in [7, 11) is 4.17. The van der Waals surface area contributed by atoms with E-state index in [0.717, 1.165) is 5.56 Å². The highest BCUT2D eigenvalue weighted by molar-refractivity contribution is 6.07. The summed E-state index contributed by atoms with van der Waals surface area (Å²) in [6, 6.07) is 16.5. The van der Waals surface area contributed by atoms with Gasteiger partial charge in [-0.1, -0.05) is 48.5 Å². The number of esters is 2. The zero-order valence-corrected chi connectivity index (χ0v) is 18.1. The SMILES string of the molecule is COC(=O)C1=C(C(=O)OC)N(c2ccccc2C(=O)N(C)Cc2ccccc2)C=CC=C1. The number of methoxy groups -OCH3 is 2. The Morgan fingerprint density at radius 3 is 2.22 bits per heavy atom. The molecule has 7 nitrogen and oxygen atoms in total. The molecule has 3 rings (SSSR count). The number of ether oxygens (including phenoxy) is 2. The van der Waals surface area contributed by atoms with E-state index in [9.17, 15) is 14.4 Å². The number of amides is 1. The van der Waals surface area contributed by atoms with Crippen LogP contribution in [0.1, 0.15) is 15.9 Å². The van der Waals surface area contributed by atoms with Gasteiger partial charge in [0.15, 0.2) is 0 Å². The fourth-order valence-electron chi connectivity index (χ4n) is 3.35. The molecule has 1 heterocycles. The number of carbonyl (C=O) groups excluding carboxylic acids is 3. The molecule has 0 fully saturated rings. The van der Waals surface area contributed by atoms with E-state index in [1.807, 2.05) is 30.3 Å². The standard InChI is InChI=1S/C25H24N2O5/c1-26(17-18-11-5-4-6-12-18)23(28)19-13-7-8-15-21(19)27-16-10-9-14-20(24(29)31-2)22(27)25(30)32-3/h4-16H,17H2,1-3H3. The minimum absolute atomic E-state index is 0.0178. The molecular formula is C25H24N2O5. The van der Waals surface area contributed by atoms with E-state index in [0.29, 0.717) is 17.8 Å². The van der Waals surface area contributed by atoms with Crippen molar-refractivity contribution >= 4 is 23.5 Å². The smallest absolute Gasteiger partial charge is 0.355 e. The molecule has 164 valence electrons. The summed E-state index contributed by atoms with van der Waals surface area (Å²) < 4.78 is 9.79. The van der Waals surface area contributed by atoms with Crippen LogP contribution in [-0.4, -0.2) is 44.0 Å². The maximum absolute atomic E-state index is 13.4. The lowest BCUT2D eigenvalue weighted by Gasteiger charge is -2.26. The first kappa shape index (κ1) is 22.6. The zero-order chi connectivity index (χ0) is 23.1. The number of benzene rings is 2. The third kappa shape index (κ3) is 4.78. The van der Waals surface area contributed by atoms with Crippen molar-refractivity contribution in [2.45, 2.75) is 6.54 Å². The minimum Gasteiger partial charge on any atom is -0.465 e. The second-order valence-electron chi connectivity index (χ2n) is 6.98. The first-order valence-corrected chi connectivity index (χ1v) is 9.91. The highest BCUT2D eigenvalue weighted by atomic mass is 16.5. The molecule has 0 saturated heterocycles. The van der Waals surface area contributed by atoms with Crippen LogP contribution in [-0.2, 0) is 25.6 Å². The topological polar surface area (TPSA) is 76.2 Å². The second-order valence-corrected chi connectivity index (χ2v) is 6.98. The van der Waals surface area contributed by atoms with Crippen LogP contribution in [0.5, 0.6) is 0 Å². The van der Waals surface area contributed by atoms with E-state index in [-0.39, 0.29) is 17.2 Å². The van der Waals surface area contributed by atoms with Gasteiger partial charge in [0, 0.05) is 19.8 Å². The number of carbonyl (C=O) groups is 3. The van der Waals surface area contributed by atoms with Crippen molar-refractivity contribution in [3.63, 3.8) is 0 Å². The van der Waals surface area contributed by atoms with Gasteiger partial charge in [-0.05, 0) is 29.8 Å². The Morgan fingerprint density at radius 1 is 0.875 bits per heavy atom. The van der Waals surface area contributed by atoms with E-state index in [1.165, 1.54) is 25.2 Å². The first-order chi connectivity index (χ1) is 15.5. The Balaban J connectivity index is 2.06. The molecule has 32 heavy (non-hydrogen) atoms. The lowest BCUT2D eigenvalue weighted by atomic mass is 10.1. The van der Waals surface area contributed by atoms with Crippen LogP contribution in [0.4, 0.5) is 5.69 Å².